The standard InChI is InChI=1S/C30H47BrN4O2S/c1-9-16-27(24(8)17-15-19-37-20-18-35(13-5)14-6)34-30(36)25(21-32)29(38-22-23(7)10-2)26(11-3)33-28(31)12-4/h11-12,15,17,23,27H,4,8-10,13-14,16,18-20,22H2,1-3,5-7H3,(H,34,36)/b17-15-,26-11-,29-25-,33-28?. The van der Waals surface area contributed by atoms with Gasteiger partial charge in [0.15, 0.2) is 0 Å². The van der Waals surface area contributed by atoms with Gasteiger partial charge < -0.3 is 15.0 Å². The van der Waals surface area contributed by atoms with Crippen LogP contribution in [-0.4, -0.2) is 60.1 Å². The highest BCUT2D eigenvalue weighted by Gasteiger charge is 2.23. The van der Waals surface area contributed by atoms with E-state index in [2.05, 4.69) is 85.0 Å². The SMILES string of the molecule is C=CC(Br)=NC(=C\C)/C(SCC(C)CC)=C(\C#N)C(=O)NC(CCC)C(=C)/C=C\COCCN(CC)CC. The van der Waals surface area contributed by atoms with Gasteiger partial charge in [0, 0.05) is 12.3 Å². The molecule has 0 heterocycles. The zero-order valence-electron chi connectivity index (χ0n) is 24.2. The van der Waals surface area contributed by atoms with Crippen molar-refractivity contribution in [3.8, 4) is 6.07 Å². The number of nitriles is 1. The van der Waals surface area contributed by atoms with Crippen molar-refractivity contribution in [2.75, 3.05) is 38.6 Å². The van der Waals surface area contributed by atoms with Gasteiger partial charge >= 0.3 is 0 Å². The van der Waals surface area contributed by atoms with E-state index in [1.165, 1.54) is 11.8 Å². The van der Waals surface area contributed by atoms with E-state index in [1.54, 1.807) is 12.2 Å². The number of carbonyl (C=O) groups is 1. The Hall–Kier alpha value is -1.92. The molecule has 0 aliphatic carbocycles. The molecule has 0 aromatic heterocycles. The van der Waals surface area contributed by atoms with E-state index in [9.17, 15) is 10.1 Å². The van der Waals surface area contributed by atoms with Gasteiger partial charge in [-0.3, -0.25) is 4.79 Å². The molecule has 0 radical (unpaired) electrons. The predicted molar refractivity (Wildman–Crippen MR) is 169 cm³/mol. The molecule has 0 rings (SSSR count). The van der Waals surface area contributed by atoms with E-state index in [-0.39, 0.29) is 11.6 Å². The molecular weight excluding hydrogens is 560 g/mol. The summed E-state index contributed by atoms with van der Waals surface area (Å²) in [5.41, 5.74) is 1.39. The number of nitrogens with one attached hydrogen (secondary N) is 1. The van der Waals surface area contributed by atoms with Crippen molar-refractivity contribution in [1.82, 2.24) is 10.2 Å². The van der Waals surface area contributed by atoms with Crippen molar-refractivity contribution >= 4 is 38.2 Å². The first kappa shape index (κ1) is 36.1. The van der Waals surface area contributed by atoms with Crippen LogP contribution in [0.15, 0.2) is 64.2 Å². The maximum absolute atomic E-state index is 13.4. The molecule has 6 nitrogen and oxygen atoms in total. The van der Waals surface area contributed by atoms with Gasteiger partial charge in [0.05, 0.1) is 29.9 Å². The number of likely N-dealkylation sites (N-methyl/N-ethyl adjacent to an activating group) is 1. The summed E-state index contributed by atoms with van der Waals surface area (Å²) in [6, 6.07) is 1.85. The maximum atomic E-state index is 13.4. The second-order valence-corrected chi connectivity index (χ2v) is 10.7. The topological polar surface area (TPSA) is 77.7 Å². The van der Waals surface area contributed by atoms with Crippen molar-refractivity contribution in [3.63, 3.8) is 0 Å². The van der Waals surface area contributed by atoms with Crippen LogP contribution >= 0.6 is 27.7 Å². The number of aliphatic imine (C=N–C) groups is 1. The van der Waals surface area contributed by atoms with Crippen molar-refractivity contribution in [2.45, 2.75) is 66.8 Å². The number of halogens is 1. The van der Waals surface area contributed by atoms with Crippen LogP contribution < -0.4 is 5.32 Å². The molecule has 0 aromatic rings. The number of hydrogen-bond donors (Lipinski definition) is 1. The third kappa shape index (κ3) is 14.3. The van der Waals surface area contributed by atoms with E-state index in [1.807, 2.05) is 19.1 Å². The Balaban J connectivity index is 5.75. The predicted octanol–water partition coefficient (Wildman–Crippen LogP) is 7.18. The number of amides is 1. The smallest absolute Gasteiger partial charge is 0.263 e. The Bertz CT molecular complexity index is 914. The van der Waals surface area contributed by atoms with Gasteiger partial charge in [0.1, 0.15) is 16.3 Å². The maximum Gasteiger partial charge on any atom is 0.263 e. The van der Waals surface area contributed by atoms with E-state index >= 15 is 0 Å². The zero-order valence-corrected chi connectivity index (χ0v) is 26.6. The van der Waals surface area contributed by atoms with Crippen LogP contribution in [0.2, 0.25) is 0 Å². The number of carbonyl (C=O) groups excluding carboxylic acids is 1. The molecule has 2 atom stereocenters. The fourth-order valence-corrected chi connectivity index (χ4v) is 4.77. The highest BCUT2D eigenvalue weighted by Crippen LogP contribution is 2.31. The minimum Gasteiger partial charge on any atom is -0.376 e. The summed E-state index contributed by atoms with van der Waals surface area (Å²) in [6.45, 7) is 24.4. The zero-order chi connectivity index (χ0) is 28.9. The van der Waals surface area contributed by atoms with Gasteiger partial charge in [-0.05, 0) is 59.9 Å². The molecule has 0 fully saturated rings. The number of nitrogens with zero attached hydrogens (tertiary/aromatic N) is 3. The number of allylic oxidation sites excluding steroid dienone is 2. The first-order valence-corrected chi connectivity index (χ1v) is 15.3. The van der Waals surface area contributed by atoms with Crippen LogP contribution in [0.1, 0.15) is 60.8 Å². The molecule has 0 saturated heterocycles. The van der Waals surface area contributed by atoms with Crippen LogP contribution in [0.4, 0.5) is 0 Å². The summed E-state index contributed by atoms with van der Waals surface area (Å²) in [4.78, 5) is 20.8. The van der Waals surface area contributed by atoms with Crippen LogP contribution in [0.5, 0.6) is 0 Å². The summed E-state index contributed by atoms with van der Waals surface area (Å²) in [6.07, 6.45) is 9.78. The largest absolute Gasteiger partial charge is 0.376 e. The van der Waals surface area contributed by atoms with Crippen molar-refractivity contribution < 1.29 is 9.53 Å². The lowest BCUT2D eigenvalue weighted by molar-refractivity contribution is -0.117. The highest BCUT2D eigenvalue weighted by atomic mass is 79.9. The van der Waals surface area contributed by atoms with Gasteiger partial charge in [0.25, 0.3) is 5.91 Å². The van der Waals surface area contributed by atoms with Crippen LogP contribution in [0, 0.1) is 17.2 Å². The molecule has 1 N–H and O–H groups in total. The van der Waals surface area contributed by atoms with Crippen LogP contribution in [0.25, 0.3) is 0 Å². The van der Waals surface area contributed by atoms with Gasteiger partial charge in [-0.25, -0.2) is 4.99 Å². The lowest BCUT2D eigenvalue weighted by Gasteiger charge is -2.20. The van der Waals surface area contributed by atoms with Gasteiger partial charge in [-0.15, -0.1) is 11.8 Å². The second kappa shape index (κ2) is 22.0. The highest BCUT2D eigenvalue weighted by molar-refractivity contribution is 9.18. The van der Waals surface area contributed by atoms with E-state index < -0.39 is 5.91 Å². The minimum absolute atomic E-state index is 0.0529. The molecule has 38 heavy (non-hydrogen) atoms. The Morgan fingerprint density at radius 2 is 1.97 bits per heavy atom. The molecule has 8 heteroatoms. The molecule has 0 bridgehead atoms. The molecule has 2 unspecified atom stereocenters. The van der Waals surface area contributed by atoms with Crippen LogP contribution in [0.3, 0.4) is 0 Å². The minimum atomic E-state index is -0.424. The second-order valence-electron chi connectivity index (χ2n) is 8.85. The Kier molecular flexibility index (Phi) is 20.8. The number of thioether (sulfide) groups is 1. The molecule has 1 amide bonds. The molecule has 0 aliphatic rings. The molecule has 0 spiro atoms. The number of rotatable bonds is 20. The normalized spacial score (nSPS) is 14.7. The molecule has 0 aliphatic heterocycles. The molecule has 212 valence electrons. The Labute approximate surface area is 244 Å². The van der Waals surface area contributed by atoms with Gasteiger partial charge in [-0.1, -0.05) is 78.8 Å². The fraction of sp³-hybridized carbons (Fsp3) is 0.567. The third-order valence-corrected chi connectivity index (χ3v) is 7.94. The average Bonchev–Trinajstić information content (AvgIpc) is 2.92. The van der Waals surface area contributed by atoms with E-state index in [0.717, 1.165) is 43.8 Å². The third-order valence-electron chi connectivity index (χ3n) is 6.00. The molecular formula is C30H47BrN4O2S. The van der Waals surface area contributed by atoms with Crippen molar-refractivity contribution in [2.24, 2.45) is 10.9 Å². The molecule has 0 saturated carbocycles. The van der Waals surface area contributed by atoms with Crippen molar-refractivity contribution in [1.29, 1.82) is 5.26 Å². The van der Waals surface area contributed by atoms with E-state index in [4.69, 9.17) is 4.74 Å². The van der Waals surface area contributed by atoms with E-state index in [0.29, 0.717) is 40.8 Å². The molecule has 0 aromatic carbocycles. The summed E-state index contributed by atoms with van der Waals surface area (Å²) in [7, 11) is 0. The summed E-state index contributed by atoms with van der Waals surface area (Å²) >= 11 is 4.85. The first-order chi connectivity index (χ1) is 18.2. The number of hydrogen-bond acceptors (Lipinski definition) is 6. The first-order valence-electron chi connectivity index (χ1n) is 13.5. The average molecular weight is 608 g/mol. The summed E-state index contributed by atoms with van der Waals surface area (Å²) < 4.78 is 6.26. The lowest BCUT2D eigenvalue weighted by Crippen LogP contribution is -2.36. The lowest BCUT2D eigenvalue weighted by atomic mass is 10.0. The summed E-state index contributed by atoms with van der Waals surface area (Å²) in [5, 5.41) is 13.1. The Morgan fingerprint density at radius 3 is 2.50 bits per heavy atom. The fourth-order valence-electron chi connectivity index (χ4n) is 3.30. The number of ether oxygens (including phenoxy) is 1. The van der Waals surface area contributed by atoms with Gasteiger partial charge in [0.2, 0.25) is 0 Å². The monoisotopic (exact) mass is 606 g/mol. The summed E-state index contributed by atoms with van der Waals surface area (Å²) in [5.74, 6) is 0.771. The van der Waals surface area contributed by atoms with Gasteiger partial charge in [-0.2, -0.15) is 5.26 Å². The van der Waals surface area contributed by atoms with Crippen LogP contribution in [-0.2, 0) is 9.53 Å². The van der Waals surface area contributed by atoms with Crippen molar-refractivity contribution in [3.05, 3.63) is 59.2 Å². The Morgan fingerprint density at radius 1 is 1.29 bits per heavy atom. The quantitative estimate of drug-likeness (QED) is 0.0522.